The van der Waals surface area contributed by atoms with E-state index in [-0.39, 0.29) is 5.97 Å². The molecule has 0 radical (unpaired) electrons. The zero-order valence-corrected chi connectivity index (χ0v) is 22.3. The molecule has 0 aliphatic heterocycles. The minimum Gasteiger partial charge on any atom is -0.462 e. The Morgan fingerprint density at radius 1 is 1.15 bits per heavy atom. The summed E-state index contributed by atoms with van der Waals surface area (Å²) in [7, 11) is 0. The molecule has 2 aromatic heterocycles. The first kappa shape index (κ1) is 25.3. The maximum atomic E-state index is 12.8. The van der Waals surface area contributed by atoms with Gasteiger partial charge in [-0.2, -0.15) is 5.10 Å². The molecule has 6 nitrogen and oxygen atoms in total. The number of hydrogen-bond donors (Lipinski definition) is 2. The molecule has 0 spiro atoms. The Morgan fingerprint density at radius 3 is 2.71 bits per heavy atom. The number of fused-ring (bicyclic) bond motifs is 1. The number of benzene rings is 1. The van der Waals surface area contributed by atoms with Crippen LogP contribution in [0.4, 0.5) is 10.8 Å². The van der Waals surface area contributed by atoms with Crippen LogP contribution in [-0.2, 0) is 24.1 Å². The van der Waals surface area contributed by atoms with Gasteiger partial charge in [-0.05, 0) is 68.1 Å². The second-order valence-corrected chi connectivity index (χ2v) is 10.6. The Labute approximate surface area is 222 Å². The average molecular weight is 558 g/mol. The molecule has 34 heavy (non-hydrogen) atoms. The van der Waals surface area contributed by atoms with E-state index in [1.807, 2.05) is 6.07 Å². The molecule has 0 fully saturated rings. The van der Waals surface area contributed by atoms with Crippen molar-refractivity contribution in [2.75, 3.05) is 17.2 Å². The summed E-state index contributed by atoms with van der Waals surface area (Å²) in [6.45, 7) is 2.58. The van der Waals surface area contributed by atoms with Crippen molar-refractivity contribution in [2.45, 2.75) is 45.6 Å². The van der Waals surface area contributed by atoms with Gasteiger partial charge in [-0.3, -0.25) is 4.68 Å². The Balaban J connectivity index is 1.50. The summed E-state index contributed by atoms with van der Waals surface area (Å²) in [4.78, 5) is 14.0. The van der Waals surface area contributed by atoms with Gasteiger partial charge >= 0.3 is 5.97 Å². The van der Waals surface area contributed by atoms with E-state index in [0.717, 1.165) is 43.2 Å². The molecule has 4 rings (SSSR count). The number of halogens is 3. The fourth-order valence-electron chi connectivity index (χ4n) is 3.88. The molecule has 1 aromatic carbocycles. The van der Waals surface area contributed by atoms with E-state index in [4.69, 9.17) is 51.8 Å². The standard InChI is InChI=1S/C23H23Cl3N4O2S2/c1-2-32-22(31)19-14-6-4-3-5-7-18(14)34-21(19)28-23(33)27-20-17(26)12-30(29-20)11-13-8-9-15(24)16(25)10-13/h8-10,12H,2-7,11H2,1H3,(H2,27,28,29,33). The lowest BCUT2D eigenvalue weighted by molar-refractivity contribution is 0.0527. The van der Waals surface area contributed by atoms with Crippen LogP contribution in [0.1, 0.15) is 52.5 Å². The summed E-state index contributed by atoms with van der Waals surface area (Å²) >= 11 is 25.6. The average Bonchev–Trinajstić information content (AvgIpc) is 3.20. The first-order valence-corrected chi connectivity index (χ1v) is 13.3. The number of thiocarbonyl (C=S) groups is 1. The smallest absolute Gasteiger partial charge is 0.341 e. The number of aryl methyl sites for hydroxylation is 1. The molecule has 180 valence electrons. The Morgan fingerprint density at radius 2 is 1.94 bits per heavy atom. The van der Waals surface area contributed by atoms with E-state index in [1.54, 1.807) is 41.3 Å². The van der Waals surface area contributed by atoms with Gasteiger partial charge in [-0.25, -0.2) is 4.79 Å². The molecule has 3 aromatic rings. The Kier molecular flexibility index (Phi) is 8.37. The van der Waals surface area contributed by atoms with Crippen LogP contribution >= 0.6 is 58.4 Å². The van der Waals surface area contributed by atoms with Crippen molar-refractivity contribution in [2.24, 2.45) is 0 Å². The zero-order valence-electron chi connectivity index (χ0n) is 18.4. The molecule has 0 saturated heterocycles. The number of aromatic nitrogens is 2. The van der Waals surface area contributed by atoms with Crippen molar-refractivity contribution >= 4 is 80.3 Å². The van der Waals surface area contributed by atoms with Gasteiger partial charge in [0.1, 0.15) is 10.0 Å². The van der Waals surface area contributed by atoms with Gasteiger partial charge in [-0.15, -0.1) is 11.3 Å². The van der Waals surface area contributed by atoms with Gasteiger partial charge in [0.15, 0.2) is 10.9 Å². The number of thiophene rings is 1. The first-order chi connectivity index (χ1) is 16.4. The van der Waals surface area contributed by atoms with Crippen LogP contribution in [0.15, 0.2) is 24.4 Å². The molecule has 0 amide bonds. The Bertz CT molecular complexity index is 1230. The van der Waals surface area contributed by atoms with Crippen LogP contribution in [0.5, 0.6) is 0 Å². The van der Waals surface area contributed by atoms with E-state index in [0.29, 0.717) is 49.7 Å². The third kappa shape index (κ3) is 5.86. The van der Waals surface area contributed by atoms with E-state index in [1.165, 1.54) is 4.88 Å². The zero-order chi connectivity index (χ0) is 24.2. The van der Waals surface area contributed by atoms with Crippen LogP contribution in [0.3, 0.4) is 0 Å². The van der Waals surface area contributed by atoms with Gasteiger partial charge < -0.3 is 15.4 Å². The van der Waals surface area contributed by atoms with Crippen molar-refractivity contribution in [3.05, 3.63) is 61.0 Å². The fraction of sp³-hybridized carbons (Fsp3) is 0.348. The van der Waals surface area contributed by atoms with Crippen LogP contribution in [0.2, 0.25) is 15.1 Å². The third-order valence-corrected chi connectivity index (χ3v) is 7.83. The largest absolute Gasteiger partial charge is 0.462 e. The summed E-state index contributed by atoms with van der Waals surface area (Å²) in [5.74, 6) is 0.0890. The predicted molar refractivity (Wildman–Crippen MR) is 144 cm³/mol. The number of carbonyl (C=O) groups is 1. The van der Waals surface area contributed by atoms with Crippen molar-refractivity contribution < 1.29 is 9.53 Å². The van der Waals surface area contributed by atoms with Crippen molar-refractivity contribution in [3.63, 3.8) is 0 Å². The van der Waals surface area contributed by atoms with Crippen molar-refractivity contribution in [3.8, 4) is 0 Å². The molecule has 2 N–H and O–H groups in total. The minimum absolute atomic E-state index is 0.295. The topological polar surface area (TPSA) is 68.2 Å². The second kappa shape index (κ2) is 11.3. The van der Waals surface area contributed by atoms with Gasteiger partial charge in [0.2, 0.25) is 0 Å². The molecular weight excluding hydrogens is 535 g/mol. The monoisotopic (exact) mass is 556 g/mol. The summed E-state index contributed by atoms with van der Waals surface area (Å²) in [5, 5.41) is 13.1. The summed E-state index contributed by atoms with van der Waals surface area (Å²) in [5.41, 5.74) is 2.60. The van der Waals surface area contributed by atoms with Crippen molar-refractivity contribution in [1.29, 1.82) is 0 Å². The van der Waals surface area contributed by atoms with Gasteiger partial charge in [0.05, 0.1) is 28.8 Å². The molecule has 0 saturated carbocycles. The summed E-state index contributed by atoms with van der Waals surface area (Å²) < 4.78 is 7.02. The minimum atomic E-state index is -0.323. The van der Waals surface area contributed by atoms with E-state index in [2.05, 4.69) is 15.7 Å². The molecular formula is C23H23Cl3N4O2S2. The normalized spacial score (nSPS) is 13.2. The molecule has 1 aliphatic carbocycles. The first-order valence-electron chi connectivity index (χ1n) is 10.9. The maximum absolute atomic E-state index is 12.8. The van der Waals surface area contributed by atoms with Gasteiger partial charge in [0, 0.05) is 11.1 Å². The number of nitrogens with one attached hydrogen (secondary N) is 2. The highest BCUT2D eigenvalue weighted by Crippen LogP contribution is 2.38. The van der Waals surface area contributed by atoms with Crippen LogP contribution in [-0.4, -0.2) is 27.5 Å². The second-order valence-electron chi connectivity index (χ2n) is 7.84. The quantitative estimate of drug-likeness (QED) is 0.190. The lowest BCUT2D eigenvalue weighted by Crippen LogP contribution is -2.21. The number of nitrogens with zero attached hydrogens (tertiary/aromatic N) is 2. The number of rotatable bonds is 6. The number of ether oxygens (including phenoxy) is 1. The lowest BCUT2D eigenvalue weighted by atomic mass is 10.1. The van der Waals surface area contributed by atoms with Crippen molar-refractivity contribution in [1.82, 2.24) is 9.78 Å². The maximum Gasteiger partial charge on any atom is 0.341 e. The van der Waals surface area contributed by atoms with Gasteiger partial charge in [0.25, 0.3) is 0 Å². The number of hydrogen-bond acceptors (Lipinski definition) is 5. The third-order valence-electron chi connectivity index (χ3n) is 5.41. The highest BCUT2D eigenvalue weighted by molar-refractivity contribution is 7.80. The van der Waals surface area contributed by atoms with E-state index in [9.17, 15) is 4.79 Å². The summed E-state index contributed by atoms with van der Waals surface area (Å²) in [6.07, 6.45) is 6.86. The molecule has 11 heteroatoms. The van der Waals surface area contributed by atoms with Gasteiger partial charge in [-0.1, -0.05) is 47.3 Å². The highest BCUT2D eigenvalue weighted by atomic mass is 35.5. The lowest BCUT2D eigenvalue weighted by Gasteiger charge is -2.11. The van der Waals surface area contributed by atoms with E-state index >= 15 is 0 Å². The molecule has 2 heterocycles. The fourth-order valence-corrected chi connectivity index (χ4v) is 5.94. The van der Waals surface area contributed by atoms with Crippen LogP contribution in [0, 0.1) is 0 Å². The Hall–Kier alpha value is -1.84. The van der Waals surface area contributed by atoms with Crippen LogP contribution in [0.25, 0.3) is 0 Å². The number of carbonyl (C=O) groups excluding carboxylic acids is 1. The molecule has 0 unspecified atom stereocenters. The molecule has 1 aliphatic rings. The molecule has 0 bridgehead atoms. The van der Waals surface area contributed by atoms with E-state index < -0.39 is 0 Å². The SMILES string of the molecule is CCOC(=O)c1c(NC(=S)Nc2nn(Cc3ccc(Cl)c(Cl)c3)cc2Cl)sc2c1CCCCC2. The predicted octanol–water partition coefficient (Wildman–Crippen LogP) is 7.21. The highest BCUT2D eigenvalue weighted by Gasteiger charge is 2.26. The number of esters is 1. The summed E-state index contributed by atoms with van der Waals surface area (Å²) in [6, 6.07) is 5.41. The molecule has 0 atom stereocenters. The number of anilines is 2. The van der Waals surface area contributed by atoms with Crippen LogP contribution < -0.4 is 10.6 Å².